The molecule has 1 saturated carbocycles. The van der Waals surface area contributed by atoms with E-state index in [-0.39, 0.29) is 17.9 Å². The van der Waals surface area contributed by atoms with Gasteiger partial charge in [-0.05, 0) is 107 Å². The smallest absolute Gasteiger partial charge is 0.256 e. The van der Waals surface area contributed by atoms with Gasteiger partial charge in [0.1, 0.15) is 5.82 Å². The molecule has 0 bridgehead atoms. The number of amides is 2. The first kappa shape index (κ1) is 29.2. The van der Waals surface area contributed by atoms with Crippen molar-refractivity contribution in [3.05, 3.63) is 59.3 Å². The predicted molar refractivity (Wildman–Crippen MR) is 161 cm³/mol. The zero-order valence-corrected chi connectivity index (χ0v) is 25.1. The number of fused-ring (bicyclic) bond motifs is 1. The van der Waals surface area contributed by atoms with E-state index in [9.17, 15) is 14.0 Å². The van der Waals surface area contributed by atoms with Crippen LogP contribution in [0.1, 0.15) is 74.4 Å². The third-order valence-electron chi connectivity index (χ3n) is 9.17. The third-order valence-corrected chi connectivity index (χ3v) is 9.17. The number of likely N-dealkylation sites (tertiary alicyclic amines) is 1. The van der Waals surface area contributed by atoms with E-state index in [1.54, 1.807) is 24.9 Å². The highest BCUT2D eigenvalue weighted by Crippen LogP contribution is 2.33. The number of pyridine rings is 1. The van der Waals surface area contributed by atoms with Crippen molar-refractivity contribution in [1.82, 2.24) is 24.7 Å². The highest BCUT2D eigenvalue weighted by atomic mass is 19.1. The lowest BCUT2D eigenvalue weighted by Crippen LogP contribution is -2.38. The lowest BCUT2D eigenvalue weighted by atomic mass is 9.85. The van der Waals surface area contributed by atoms with E-state index in [2.05, 4.69) is 28.3 Å². The first-order valence-electron chi connectivity index (χ1n) is 15.1. The molecular formula is C33H44FN5O2. The SMILES string of the molecule is CC(=O)N[C@H]1CC[C@H](CN2CC[C@H](Cc3cn(-c4ccc(F)cc4C(=O)N(C)C(C)C)c4cncc(C)c34)C2)CC1. The lowest BCUT2D eigenvalue weighted by Gasteiger charge is -2.31. The summed E-state index contributed by atoms with van der Waals surface area (Å²) in [5, 5.41) is 4.26. The Morgan fingerprint density at radius 3 is 2.59 bits per heavy atom. The van der Waals surface area contributed by atoms with Crippen LogP contribution in [0.4, 0.5) is 4.39 Å². The van der Waals surface area contributed by atoms with Gasteiger partial charge < -0.3 is 19.7 Å². The second-order valence-electron chi connectivity index (χ2n) is 12.6. The minimum Gasteiger partial charge on any atom is -0.354 e. The van der Waals surface area contributed by atoms with Crippen molar-refractivity contribution < 1.29 is 14.0 Å². The van der Waals surface area contributed by atoms with Gasteiger partial charge in [0, 0.05) is 56.9 Å². The number of nitrogens with zero attached hydrogens (tertiary/aromatic N) is 4. The van der Waals surface area contributed by atoms with Crippen LogP contribution in [0.25, 0.3) is 16.6 Å². The minimum atomic E-state index is -0.421. The maximum absolute atomic E-state index is 14.4. The average Bonchev–Trinajstić information content (AvgIpc) is 3.53. The molecule has 0 spiro atoms. The predicted octanol–water partition coefficient (Wildman–Crippen LogP) is 5.51. The summed E-state index contributed by atoms with van der Waals surface area (Å²) in [4.78, 5) is 33.5. The molecule has 1 N–H and O–H groups in total. The van der Waals surface area contributed by atoms with Crippen LogP contribution in [0.2, 0.25) is 0 Å². The van der Waals surface area contributed by atoms with Crippen molar-refractivity contribution in [1.29, 1.82) is 0 Å². The summed E-state index contributed by atoms with van der Waals surface area (Å²) in [7, 11) is 1.76. The molecule has 1 atom stereocenters. The Morgan fingerprint density at radius 1 is 1.12 bits per heavy atom. The van der Waals surface area contributed by atoms with Crippen LogP contribution in [0.5, 0.6) is 0 Å². The molecule has 0 unspecified atom stereocenters. The third kappa shape index (κ3) is 6.48. The largest absolute Gasteiger partial charge is 0.354 e. The van der Waals surface area contributed by atoms with E-state index in [1.165, 1.54) is 35.9 Å². The van der Waals surface area contributed by atoms with Crippen molar-refractivity contribution in [3.8, 4) is 5.69 Å². The fourth-order valence-electron chi connectivity index (χ4n) is 6.81. The Balaban J connectivity index is 1.34. The highest BCUT2D eigenvalue weighted by molar-refractivity contribution is 5.99. The molecule has 2 aliphatic rings. The van der Waals surface area contributed by atoms with E-state index < -0.39 is 5.82 Å². The van der Waals surface area contributed by atoms with Gasteiger partial charge in [-0.1, -0.05) is 0 Å². The molecule has 8 heteroatoms. The summed E-state index contributed by atoms with van der Waals surface area (Å²) in [5.41, 5.74) is 4.33. The monoisotopic (exact) mass is 561 g/mol. The van der Waals surface area contributed by atoms with Crippen molar-refractivity contribution in [3.63, 3.8) is 0 Å². The van der Waals surface area contributed by atoms with Gasteiger partial charge in [-0.3, -0.25) is 14.6 Å². The maximum atomic E-state index is 14.4. The number of rotatable bonds is 8. The number of aromatic nitrogens is 2. The molecule has 1 aliphatic carbocycles. The second kappa shape index (κ2) is 12.3. The lowest BCUT2D eigenvalue weighted by molar-refractivity contribution is -0.119. The van der Waals surface area contributed by atoms with Gasteiger partial charge in [0.2, 0.25) is 5.91 Å². The Bertz CT molecular complexity index is 1410. The van der Waals surface area contributed by atoms with Crippen LogP contribution >= 0.6 is 0 Å². The van der Waals surface area contributed by atoms with Crippen LogP contribution in [0.3, 0.4) is 0 Å². The number of hydrogen-bond acceptors (Lipinski definition) is 4. The van der Waals surface area contributed by atoms with Gasteiger partial charge in [-0.25, -0.2) is 4.39 Å². The van der Waals surface area contributed by atoms with Crippen molar-refractivity contribution in [2.45, 2.75) is 78.3 Å². The normalized spacial score (nSPS) is 21.5. The van der Waals surface area contributed by atoms with Crippen LogP contribution < -0.4 is 5.32 Å². The topological polar surface area (TPSA) is 70.5 Å². The minimum absolute atomic E-state index is 0.00273. The molecule has 2 aromatic heterocycles. The number of benzene rings is 1. The Kier molecular flexibility index (Phi) is 8.78. The van der Waals surface area contributed by atoms with Gasteiger partial charge in [0.25, 0.3) is 5.91 Å². The molecule has 2 amide bonds. The quantitative estimate of drug-likeness (QED) is 0.394. The van der Waals surface area contributed by atoms with E-state index in [4.69, 9.17) is 0 Å². The van der Waals surface area contributed by atoms with Gasteiger partial charge >= 0.3 is 0 Å². The standard InChI is InChI=1S/C33H44FN5O2/c1-21(2)37(5)33(41)29-15-27(34)8-11-30(29)39-20-26(32-22(3)16-35-17-31(32)39)14-25-12-13-38(19-25)18-24-6-9-28(10-7-24)36-23(4)40/h8,11,15-17,20-21,24-25,28H,6-7,9-10,12-14,18-19H2,1-5H3,(H,36,40)/t24-,25-,28-/m1/s1. The van der Waals surface area contributed by atoms with E-state index >= 15 is 0 Å². The molecule has 5 rings (SSSR count). The molecule has 7 nitrogen and oxygen atoms in total. The Morgan fingerprint density at radius 2 is 1.88 bits per heavy atom. The molecule has 3 heterocycles. The molecule has 2 fully saturated rings. The number of carbonyl (C=O) groups is 2. The summed E-state index contributed by atoms with van der Waals surface area (Å²) >= 11 is 0. The molecule has 1 aromatic carbocycles. The number of hydrogen-bond donors (Lipinski definition) is 1. The van der Waals surface area contributed by atoms with E-state index in [0.717, 1.165) is 56.4 Å². The number of carbonyl (C=O) groups excluding carboxylic acids is 2. The average molecular weight is 562 g/mol. The molecule has 41 heavy (non-hydrogen) atoms. The van der Waals surface area contributed by atoms with Crippen molar-refractivity contribution in [2.75, 3.05) is 26.7 Å². The maximum Gasteiger partial charge on any atom is 0.256 e. The zero-order chi connectivity index (χ0) is 29.3. The summed E-state index contributed by atoms with van der Waals surface area (Å²) in [6, 6.07) is 4.82. The van der Waals surface area contributed by atoms with Gasteiger partial charge in [0.15, 0.2) is 0 Å². The summed E-state index contributed by atoms with van der Waals surface area (Å²) in [6.45, 7) is 10.9. The summed E-state index contributed by atoms with van der Waals surface area (Å²) in [6.07, 6.45) is 12.5. The first-order valence-corrected chi connectivity index (χ1v) is 15.1. The molecule has 220 valence electrons. The van der Waals surface area contributed by atoms with E-state index in [1.807, 2.05) is 30.8 Å². The zero-order valence-electron chi connectivity index (χ0n) is 25.1. The van der Waals surface area contributed by atoms with Crippen molar-refractivity contribution >= 4 is 22.7 Å². The first-order chi connectivity index (χ1) is 19.6. The van der Waals surface area contributed by atoms with E-state index in [0.29, 0.717) is 29.1 Å². The number of aryl methyl sites for hydroxylation is 1. The van der Waals surface area contributed by atoms with Crippen LogP contribution in [-0.4, -0.2) is 69.9 Å². The van der Waals surface area contributed by atoms with Gasteiger partial charge in [0.05, 0.1) is 23.0 Å². The number of halogens is 1. The molecule has 1 aliphatic heterocycles. The summed E-state index contributed by atoms with van der Waals surface area (Å²) < 4.78 is 16.4. The fraction of sp³-hybridized carbons (Fsp3) is 0.545. The number of nitrogens with one attached hydrogen (secondary N) is 1. The highest BCUT2D eigenvalue weighted by Gasteiger charge is 2.29. The van der Waals surface area contributed by atoms with Crippen LogP contribution in [-0.2, 0) is 11.2 Å². The molecular weight excluding hydrogens is 517 g/mol. The summed E-state index contributed by atoms with van der Waals surface area (Å²) in [5.74, 6) is 0.713. The molecule has 1 saturated heterocycles. The van der Waals surface area contributed by atoms with Gasteiger partial charge in [-0.2, -0.15) is 0 Å². The van der Waals surface area contributed by atoms with Crippen LogP contribution in [0.15, 0.2) is 36.8 Å². The Labute approximate surface area is 243 Å². The molecule has 0 radical (unpaired) electrons. The fourth-order valence-corrected chi connectivity index (χ4v) is 6.81. The molecule has 3 aromatic rings. The van der Waals surface area contributed by atoms with Crippen LogP contribution in [0, 0.1) is 24.6 Å². The second-order valence-corrected chi connectivity index (χ2v) is 12.6. The Hall–Kier alpha value is -3.26. The van der Waals surface area contributed by atoms with Gasteiger partial charge in [-0.15, -0.1) is 0 Å². The van der Waals surface area contributed by atoms with Crippen molar-refractivity contribution in [2.24, 2.45) is 11.8 Å².